The molecule has 0 aliphatic carbocycles. The monoisotopic (exact) mass is 361 g/mol. The van der Waals surface area contributed by atoms with Gasteiger partial charge in [-0.05, 0) is 30.3 Å². The molecule has 124 valence electrons. The molecule has 0 amide bonds. The SMILES string of the molecule is C=CCNC(=S)/C(=C(\O)c1ccc(Cl)cc1)[n+]1cccc(CO)c1. The fraction of sp³-hybridized carbons (Fsp3) is 0.111. The molecule has 0 fully saturated rings. The Morgan fingerprint density at radius 1 is 1.29 bits per heavy atom. The molecule has 0 saturated heterocycles. The molecule has 1 aromatic heterocycles. The van der Waals surface area contributed by atoms with E-state index in [1.54, 1.807) is 59.4 Å². The van der Waals surface area contributed by atoms with E-state index in [-0.39, 0.29) is 12.4 Å². The molecule has 6 heteroatoms. The average molecular weight is 362 g/mol. The predicted octanol–water partition coefficient (Wildman–Crippen LogP) is 3.11. The summed E-state index contributed by atoms with van der Waals surface area (Å²) in [5.41, 5.74) is 1.69. The highest BCUT2D eigenvalue weighted by Crippen LogP contribution is 2.19. The van der Waals surface area contributed by atoms with Crippen LogP contribution in [0.4, 0.5) is 0 Å². The fourth-order valence-electron chi connectivity index (χ4n) is 2.10. The molecule has 0 aliphatic heterocycles. The maximum Gasteiger partial charge on any atom is 0.288 e. The largest absolute Gasteiger partial charge is 0.502 e. The lowest BCUT2D eigenvalue weighted by atomic mass is 10.1. The normalized spacial score (nSPS) is 11.6. The molecule has 0 bridgehead atoms. The second kappa shape index (κ2) is 8.59. The number of halogens is 1. The molecule has 2 aromatic rings. The highest BCUT2D eigenvalue weighted by atomic mass is 35.5. The molecule has 0 atom stereocenters. The number of nitrogens with zero attached hydrogens (tertiary/aromatic N) is 1. The van der Waals surface area contributed by atoms with Crippen LogP contribution in [-0.4, -0.2) is 21.7 Å². The number of thiocarbonyl (C=S) groups is 1. The number of pyridine rings is 1. The third kappa shape index (κ3) is 4.41. The predicted molar refractivity (Wildman–Crippen MR) is 101 cm³/mol. The quantitative estimate of drug-likeness (QED) is 0.243. The summed E-state index contributed by atoms with van der Waals surface area (Å²) in [7, 11) is 0. The van der Waals surface area contributed by atoms with Crippen LogP contribution < -0.4 is 9.88 Å². The second-order valence-corrected chi connectivity index (χ2v) is 5.83. The van der Waals surface area contributed by atoms with Crippen LogP contribution in [0.25, 0.3) is 11.5 Å². The number of hydrogen-bond donors (Lipinski definition) is 3. The minimum Gasteiger partial charge on any atom is -0.502 e. The Morgan fingerprint density at radius 2 is 2.00 bits per heavy atom. The lowest BCUT2D eigenvalue weighted by molar-refractivity contribution is -0.576. The zero-order chi connectivity index (χ0) is 17.5. The topological polar surface area (TPSA) is 56.4 Å². The van der Waals surface area contributed by atoms with Crippen molar-refractivity contribution in [3.8, 4) is 0 Å². The van der Waals surface area contributed by atoms with Gasteiger partial charge in [0.25, 0.3) is 5.70 Å². The summed E-state index contributed by atoms with van der Waals surface area (Å²) in [5, 5.41) is 23.7. The maximum absolute atomic E-state index is 10.8. The average Bonchev–Trinajstić information content (AvgIpc) is 2.60. The molecule has 24 heavy (non-hydrogen) atoms. The summed E-state index contributed by atoms with van der Waals surface area (Å²) in [6.07, 6.45) is 5.14. The summed E-state index contributed by atoms with van der Waals surface area (Å²) < 4.78 is 1.67. The molecule has 0 aliphatic rings. The van der Waals surface area contributed by atoms with E-state index in [2.05, 4.69) is 11.9 Å². The van der Waals surface area contributed by atoms with Gasteiger partial charge in [0.2, 0.25) is 0 Å². The Bertz CT molecular complexity index is 773. The van der Waals surface area contributed by atoms with Gasteiger partial charge in [0, 0.05) is 28.8 Å². The van der Waals surface area contributed by atoms with Crippen LogP contribution in [0.3, 0.4) is 0 Å². The van der Waals surface area contributed by atoms with Crippen molar-refractivity contribution < 1.29 is 14.8 Å². The Kier molecular flexibility index (Phi) is 6.49. The standard InChI is InChI=1S/C18H17ClN2O2S/c1-2-9-20-18(24)16(21-10-3-4-13(11-21)12-22)17(23)14-5-7-15(19)8-6-14/h2-8,10-11,22H,1,9,12H2,(H-,20,23,24)/p+1. The number of nitrogens with one attached hydrogen (secondary N) is 1. The van der Waals surface area contributed by atoms with Gasteiger partial charge in [-0.3, -0.25) is 0 Å². The van der Waals surface area contributed by atoms with E-state index in [1.165, 1.54) is 0 Å². The highest BCUT2D eigenvalue weighted by molar-refractivity contribution is 7.81. The van der Waals surface area contributed by atoms with Gasteiger partial charge in [-0.2, -0.15) is 4.57 Å². The van der Waals surface area contributed by atoms with Gasteiger partial charge >= 0.3 is 0 Å². The molecule has 4 nitrogen and oxygen atoms in total. The van der Waals surface area contributed by atoms with Crippen LogP contribution >= 0.6 is 23.8 Å². The van der Waals surface area contributed by atoms with Crippen LogP contribution in [0.2, 0.25) is 5.02 Å². The summed E-state index contributed by atoms with van der Waals surface area (Å²) in [5.74, 6) is 0.00770. The molecular weight excluding hydrogens is 344 g/mol. The molecule has 1 aromatic carbocycles. The van der Waals surface area contributed by atoms with E-state index in [4.69, 9.17) is 23.8 Å². The first-order chi connectivity index (χ1) is 11.6. The van der Waals surface area contributed by atoms with Gasteiger partial charge in [0.05, 0.1) is 6.61 Å². The number of aliphatic hydroxyl groups excluding tert-OH is 2. The lowest BCUT2D eigenvalue weighted by Crippen LogP contribution is -2.41. The van der Waals surface area contributed by atoms with Crippen LogP contribution in [-0.2, 0) is 6.61 Å². The third-order valence-electron chi connectivity index (χ3n) is 3.27. The smallest absolute Gasteiger partial charge is 0.288 e. The number of hydrogen-bond acceptors (Lipinski definition) is 3. The van der Waals surface area contributed by atoms with E-state index in [0.29, 0.717) is 33.4 Å². The first-order valence-electron chi connectivity index (χ1n) is 7.26. The maximum atomic E-state index is 10.8. The molecule has 0 radical (unpaired) electrons. The van der Waals surface area contributed by atoms with Crippen molar-refractivity contribution in [3.63, 3.8) is 0 Å². The number of benzene rings is 1. The van der Waals surface area contributed by atoms with Crippen LogP contribution in [0, 0.1) is 0 Å². The summed E-state index contributed by atoms with van der Waals surface area (Å²) in [6.45, 7) is 4.01. The molecule has 0 saturated carbocycles. The van der Waals surface area contributed by atoms with Crippen molar-refractivity contribution in [2.24, 2.45) is 0 Å². The Morgan fingerprint density at radius 3 is 2.62 bits per heavy atom. The van der Waals surface area contributed by atoms with Gasteiger partial charge in [0.1, 0.15) is 0 Å². The number of rotatable bonds is 6. The number of aromatic nitrogens is 1. The Balaban J connectivity index is 2.56. The molecule has 1 heterocycles. The summed E-state index contributed by atoms with van der Waals surface area (Å²) in [4.78, 5) is 0.363. The zero-order valence-corrected chi connectivity index (χ0v) is 14.5. The van der Waals surface area contributed by atoms with Crippen LogP contribution in [0.5, 0.6) is 0 Å². The molecule has 0 unspecified atom stereocenters. The summed E-state index contributed by atoms with van der Waals surface area (Å²) in [6, 6.07) is 10.4. The van der Waals surface area contributed by atoms with Crippen molar-refractivity contribution in [2.45, 2.75) is 6.61 Å². The van der Waals surface area contributed by atoms with E-state index in [1.807, 2.05) is 0 Å². The van der Waals surface area contributed by atoms with Crippen molar-refractivity contribution in [2.75, 3.05) is 6.54 Å². The second-order valence-electron chi connectivity index (χ2n) is 4.98. The van der Waals surface area contributed by atoms with E-state index < -0.39 is 0 Å². The van der Waals surface area contributed by atoms with Crippen molar-refractivity contribution in [3.05, 3.63) is 77.6 Å². The number of aliphatic hydroxyl groups is 2. The van der Waals surface area contributed by atoms with Gasteiger partial charge < -0.3 is 15.5 Å². The van der Waals surface area contributed by atoms with Gasteiger partial charge in [-0.25, -0.2) is 0 Å². The molecule has 0 spiro atoms. The zero-order valence-electron chi connectivity index (χ0n) is 12.9. The van der Waals surface area contributed by atoms with E-state index in [0.717, 1.165) is 0 Å². The Hall–Kier alpha value is -2.21. The molecular formula is C18H18ClN2O2S+. The van der Waals surface area contributed by atoms with E-state index in [9.17, 15) is 10.2 Å². The minimum atomic E-state index is -0.108. The van der Waals surface area contributed by atoms with Gasteiger partial charge in [-0.15, -0.1) is 6.58 Å². The first kappa shape index (κ1) is 18.1. The minimum absolute atomic E-state index is 0.00770. The lowest BCUT2D eigenvalue weighted by Gasteiger charge is -2.09. The molecule has 3 N–H and O–H groups in total. The fourth-order valence-corrected chi connectivity index (χ4v) is 2.51. The van der Waals surface area contributed by atoms with Crippen LogP contribution in [0.1, 0.15) is 11.1 Å². The Labute approximate surface area is 151 Å². The first-order valence-corrected chi connectivity index (χ1v) is 8.05. The van der Waals surface area contributed by atoms with Crippen molar-refractivity contribution in [1.29, 1.82) is 0 Å². The summed E-state index contributed by atoms with van der Waals surface area (Å²) >= 11 is 11.3. The van der Waals surface area contributed by atoms with E-state index >= 15 is 0 Å². The molecule has 2 rings (SSSR count). The third-order valence-corrected chi connectivity index (χ3v) is 3.86. The van der Waals surface area contributed by atoms with Crippen molar-refractivity contribution in [1.82, 2.24) is 5.32 Å². The van der Waals surface area contributed by atoms with Gasteiger partial charge in [-0.1, -0.05) is 29.9 Å². The highest BCUT2D eigenvalue weighted by Gasteiger charge is 2.23. The van der Waals surface area contributed by atoms with Gasteiger partial charge in [0.15, 0.2) is 23.1 Å². The van der Waals surface area contributed by atoms with Crippen LogP contribution in [0.15, 0.2) is 61.4 Å². The van der Waals surface area contributed by atoms with Crippen molar-refractivity contribution >= 4 is 40.3 Å².